The van der Waals surface area contributed by atoms with E-state index in [1.165, 1.54) is 0 Å². The third-order valence-electron chi connectivity index (χ3n) is 2.93. The lowest BCUT2D eigenvalue weighted by molar-refractivity contribution is 0.0741. The minimum Gasteiger partial charge on any atom is -0.422 e. The highest BCUT2D eigenvalue weighted by molar-refractivity contribution is 5.96. The van der Waals surface area contributed by atoms with E-state index in [2.05, 4.69) is 0 Å². The van der Waals surface area contributed by atoms with Crippen molar-refractivity contribution in [1.82, 2.24) is 4.90 Å². The summed E-state index contributed by atoms with van der Waals surface area (Å²) in [5.41, 5.74) is -0.0426. The molecule has 1 aromatic carbocycles. The van der Waals surface area contributed by atoms with Gasteiger partial charge >= 0.3 is 5.63 Å². The summed E-state index contributed by atoms with van der Waals surface area (Å²) in [6.45, 7) is 6.69. The number of fused-ring (bicyclic) bond motifs is 1. The summed E-state index contributed by atoms with van der Waals surface area (Å²) in [4.78, 5) is 25.8. The number of hydrogen-bond donors (Lipinski definition) is 0. The Morgan fingerprint density at radius 3 is 2.55 bits per heavy atom. The van der Waals surface area contributed by atoms with Crippen molar-refractivity contribution < 1.29 is 9.21 Å². The first-order valence-corrected chi connectivity index (χ1v) is 6.56. The monoisotopic (exact) mass is 273 g/mol. The van der Waals surface area contributed by atoms with Crippen LogP contribution in [0.5, 0.6) is 0 Å². The van der Waals surface area contributed by atoms with Gasteiger partial charge < -0.3 is 9.32 Å². The molecule has 0 unspecified atom stereocenters. The summed E-state index contributed by atoms with van der Waals surface area (Å²) >= 11 is 0. The maximum atomic E-state index is 12.4. The molecule has 0 fully saturated rings. The first kappa shape index (κ1) is 14.3. The van der Waals surface area contributed by atoms with Crippen LogP contribution in [0.4, 0.5) is 0 Å². The molecule has 0 aliphatic carbocycles. The molecule has 0 N–H and O–H groups in total. The maximum Gasteiger partial charge on any atom is 0.349 e. The van der Waals surface area contributed by atoms with E-state index in [9.17, 15) is 9.59 Å². The van der Waals surface area contributed by atoms with E-state index in [0.717, 1.165) is 5.39 Å². The number of hydrogen-bond acceptors (Lipinski definition) is 3. The Morgan fingerprint density at radius 2 is 1.90 bits per heavy atom. The smallest absolute Gasteiger partial charge is 0.349 e. The highest BCUT2D eigenvalue weighted by atomic mass is 16.4. The quantitative estimate of drug-likeness (QED) is 0.790. The summed E-state index contributed by atoms with van der Waals surface area (Å²) in [7, 11) is 1.70. The van der Waals surface area contributed by atoms with Crippen molar-refractivity contribution in [2.24, 2.45) is 5.41 Å². The molecule has 0 aliphatic heterocycles. The van der Waals surface area contributed by atoms with Crippen LogP contribution in [0.3, 0.4) is 0 Å². The number of nitrogens with zero attached hydrogens (tertiary/aromatic N) is 1. The van der Waals surface area contributed by atoms with E-state index in [0.29, 0.717) is 12.1 Å². The number of carbonyl (C=O) groups excluding carboxylic acids is 1. The molecule has 0 aliphatic rings. The third kappa shape index (κ3) is 3.07. The zero-order valence-electron chi connectivity index (χ0n) is 12.3. The molecule has 4 heteroatoms. The lowest BCUT2D eigenvalue weighted by Crippen LogP contribution is -2.36. The number of carbonyl (C=O) groups is 1. The second-order valence-corrected chi connectivity index (χ2v) is 6.21. The van der Waals surface area contributed by atoms with E-state index in [1.54, 1.807) is 30.1 Å². The Bertz CT molecular complexity index is 695. The van der Waals surface area contributed by atoms with Gasteiger partial charge in [0.25, 0.3) is 5.91 Å². The van der Waals surface area contributed by atoms with Gasteiger partial charge in [0.05, 0.1) is 0 Å². The predicted octanol–water partition coefficient (Wildman–Crippen LogP) is 2.91. The van der Waals surface area contributed by atoms with Crippen LogP contribution in [0.1, 0.15) is 31.1 Å². The summed E-state index contributed by atoms with van der Waals surface area (Å²) in [5.74, 6) is -0.306. The van der Waals surface area contributed by atoms with Crippen molar-refractivity contribution in [3.8, 4) is 0 Å². The fraction of sp³-hybridized carbons (Fsp3) is 0.375. The largest absolute Gasteiger partial charge is 0.422 e. The Labute approximate surface area is 118 Å². The van der Waals surface area contributed by atoms with Crippen molar-refractivity contribution in [1.29, 1.82) is 0 Å². The molecular weight excluding hydrogens is 254 g/mol. The SMILES string of the molecule is CN(CC(C)(C)C)C(=O)c1cc2ccccc2oc1=O. The molecule has 0 radical (unpaired) electrons. The van der Waals surface area contributed by atoms with Crippen LogP contribution in [-0.2, 0) is 0 Å². The Kier molecular flexibility index (Phi) is 3.66. The van der Waals surface area contributed by atoms with E-state index in [4.69, 9.17) is 4.42 Å². The van der Waals surface area contributed by atoms with Gasteiger partial charge in [0.1, 0.15) is 11.1 Å². The number of rotatable bonds is 2. The van der Waals surface area contributed by atoms with Gasteiger partial charge in [-0.3, -0.25) is 4.79 Å². The molecule has 2 rings (SSSR count). The second kappa shape index (κ2) is 5.12. The molecule has 0 atom stereocenters. The highest BCUT2D eigenvalue weighted by Gasteiger charge is 2.22. The molecule has 2 aromatic rings. The van der Waals surface area contributed by atoms with Crippen molar-refractivity contribution in [3.05, 3.63) is 46.3 Å². The van der Waals surface area contributed by atoms with Crippen molar-refractivity contribution in [2.45, 2.75) is 20.8 Å². The minimum atomic E-state index is -0.588. The van der Waals surface area contributed by atoms with Crippen LogP contribution in [-0.4, -0.2) is 24.4 Å². The predicted molar refractivity (Wildman–Crippen MR) is 78.9 cm³/mol. The number of amides is 1. The van der Waals surface area contributed by atoms with Gasteiger partial charge in [0.15, 0.2) is 0 Å². The molecule has 20 heavy (non-hydrogen) atoms. The summed E-state index contributed by atoms with van der Waals surface area (Å²) < 4.78 is 5.19. The molecule has 4 nitrogen and oxygen atoms in total. The van der Waals surface area contributed by atoms with Crippen LogP contribution in [0, 0.1) is 5.41 Å². The Hall–Kier alpha value is -2.10. The van der Waals surface area contributed by atoms with Crippen molar-refractivity contribution in [3.63, 3.8) is 0 Å². The topological polar surface area (TPSA) is 50.5 Å². The molecule has 1 heterocycles. The van der Waals surface area contributed by atoms with Crippen LogP contribution in [0.15, 0.2) is 39.5 Å². The van der Waals surface area contributed by atoms with Gasteiger partial charge in [-0.15, -0.1) is 0 Å². The van der Waals surface area contributed by atoms with Gasteiger partial charge in [-0.2, -0.15) is 0 Å². The fourth-order valence-electron chi connectivity index (χ4n) is 2.20. The van der Waals surface area contributed by atoms with E-state index in [-0.39, 0.29) is 16.9 Å². The summed E-state index contributed by atoms with van der Waals surface area (Å²) in [6.07, 6.45) is 0. The van der Waals surface area contributed by atoms with Gasteiger partial charge in [-0.05, 0) is 17.5 Å². The summed E-state index contributed by atoms with van der Waals surface area (Å²) in [6, 6.07) is 8.76. The average molecular weight is 273 g/mol. The van der Waals surface area contributed by atoms with Crippen LogP contribution >= 0.6 is 0 Å². The van der Waals surface area contributed by atoms with E-state index < -0.39 is 5.63 Å². The molecule has 0 saturated carbocycles. The van der Waals surface area contributed by atoms with Crippen LogP contribution in [0.2, 0.25) is 0 Å². The third-order valence-corrected chi connectivity index (χ3v) is 2.93. The van der Waals surface area contributed by atoms with Gasteiger partial charge in [0.2, 0.25) is 0 Å². The molecule has 0 spiro atoms. The molecule has 0 saturated heterocycles. The maximum absolute atomic E-state index is 12.4. The van der Waals surface area contributed by atoms with Gasteiger partial charge in [-0.1, -0.05) is 39.0 Å². The molecule has 106 valence electrons. The van der Waals surface area contributed by atoms with Crippen molar-refractivity contribution >= 4 is 16.9 Å². The number of benzene rings is 1. The lowest BCUT2D eigenvalue weighted by atomic mass is 9.96. The van der Waals surface area contributed by atoms with E-state index >= 15 is 0 Å². The van der Waals surface area contributed by atoms with E-state index in [1.807, 2.05) is 32.9 Å². The molecular formula is C16H19NO3. The van der Waals surface area contributed by atoms with Crippen LogP contribution < -0.4 is 5.63 Å². The zero-order valence-corrected chi connectivity index (χ0v) is 12.3. The van der Waals surface area contributed by atoms with Crippen molar-refractivity contribution in [2.75, 3.05) is 13.6 Å². The van der Waals surface area contributed by atoms with Gasteiger partial charge in [0, 0.05) is 19.0 Å². The molecule has 0 bridgehead atoms. The summed E-state index contributed by atoms with van der Waals surface area (Å²) in [5, 5.41) is 0.750. The van der Waals surface area contributed by atoms with Crippen LogP contribution in [0.25, 0.3) is 11.0 Å². The standard InChI is InChI=1S/C16H19NO3/c1-16(2,3)10-17(4)14(18)12-9-11-7-5-6-8-13(11)20-15(12)19/h5-9H,10H2,1-4H3. The minimum absolute atomic E-state index is 0.0263. The Balaban J connectivity index is 2.39. The highest BCUT2D eigenvalue weighted by Crippen LogP contribution is 2.17. The molecule has 1 amide bonds. The Morgan fingerprint density at radius 1 is 1.25 bits per heavy atom. The first-order chi connectivity index (χ1) is 9.28. The molecule has 1 aromatic heterocycles. The lowest BCUT2D eigenvalue weighted by Gasteiger charge is -2.26. The normalized spacial score (nSPS) is 11.6. The second-order valence-electron chi connectivity index (χ2n) is 6.21. The first-order valence-electron chi connectivity index (χ1n) is 6.56. The average Bonchev–Trinajstić information content (AvgIpc) is 2.35. The fourth-order valence-corrected chi connectivity index (χ4v) is 2.20. The zero-order chi connectivity index (χ0) is 14.9. The number of para-hydroxylation sites is 1. The van der Waals surface area contributed by atoms with Gasteiger partial charge in [-0.25, -0.2) is 4.79 Å².